The highest BCUT2D eigenvalue weighted by molar-refractivity contribution is 5.67. The second-order valence-corrected chi connectivity index (χ2v) is 4.78. The van der Waals surface area contributed by atoms with Crippen molar-refractivity contribution in [2.24, 2.45) is 0 Å². The van der Waals surface area contributed by atoms with Gasteiger partial charge in [-0.2, -0.15) is 0 Å². The largest absolute Gasteiger partial charge is 0.444 e. The van der Waals surface area contributed by atoms with E-state index < -0.39 is 11.7 Å². The lowest BCUT2D eigenvalue weighted by Gasteiger charge is -2.19. The highest BCUT2D eigenvalue weighted by Gasteiger charge is 2.15. The molecule has 0 aliphatic heterocycles. The zero-order chi connectivity index (χ0) is 13.4. The normalized spacial score (nSPS) is 10.8. The average molecular weight is 252 g/mol. The van der Waals surface area contributed by atoms with Gasteiger partial charge in [-0.1, -0.05) is 0 Å². The Morgan fingerprint density at radius 2 is 1.94 bits per heavy atom. The Bertz CT molecular complexity index is 362. The molecule has 0 unspecified atom stereocenters. The van der Waals surface area contributed by atoms with Crippen molar-refractivity contribution in [3.63, 3.8) is 0 Å². The summed E-state index contributed by atoms with van der Waals surface area (Å²) in [7, 11) is 0. The van der Waals surface area contributed by atoms with E-state index in [2.05, 4.69) is 20.6 Å². The summed E-state index contributed by atoms with van der Waals surface area (Å²) in [6.45, 7) is 6.75. The van der Waals surface area contributed by atoms with E-state index in [0.717, 1.165) is 6.42 Å². The monoisotopic (exact) mass is 252 g/mol. The first-order valence-corrected chi connectivity index (χ1v) is 5.95. The molecule has 0 aliphatic rings. The summed E-state index contributed by atoms with van der Waals surface area (Å²) < 4.78 is 5.11. The lowest BCUT2D eigenvalue weighted by Crippen LogP contribution is -2.33. The van der Waals surface area contributed by atoms with Gasteiger partial charge in [0, 0.05) is 25.5 Å². The zero-order valence-electron chi connectivity index (χ0n) is 11.1. The summed E-state index contributed by atoms with van der Waals surface area (Å²) in [5, 5.41) is 5.74. The SMILES string of the molecule is CC(C)(C)OC(=O)NCCCNc1ncccn1. The highest BCUT2D eigenvalue weighted by Crippen LogP contribution is 2.06. The molecule has 1 amide bonds. The third-order valence-corrected chi connectivity index (χ3v) is 1.87. The van der Waals surface area contributed by atoms with Gasteiger partial charge in [-0.05, 0) is 33.3 Å². The Morgan fingerprint density at radius 1 is 1.28 bits per heavy atom. The molecule has 100 valence electrons. The molecule has 0 radical (unpaired) electrons. The fourth-order valence-electron chi connectivity index (χ4n) is 1.18. The Balaban J connectivity index is 2.07. The molecule has 0 bridgehead atoms. The van der Waals surface area contributed by atoms with Crippen LogP contribution in [0.1, 0.15) is 27.2 Å². The van der Waals surface area contributed by atoms with Crippen molar-refractivity contribution in [1.29, 1.82) is 0 Å². The van der Waals surface area contributed by atoms with Gasteiger partial charge in [0.05, 0.1) is 0 Å². The number of hydrogen-bond donors (Lipinski definition) is 2. The number of aromatic nitrogens is 2. The summed E-state index contributed by atoms with van der Waals surface area (Å²) in [4.78, 5) is 19.4. The minimum Gasteiger partial charge on any atom is -0.444 e. The highest BCUT2D eigenvalue weighted by atomic mass is 16.6. The standard InChI is InChI=1S/C12H20N4O2/c1-12(2,3)18-11(17)16-9-5-8-15-10-13-6-4-7-14-10/h4,6-7H,5,8-9H2,1-3H3,(H,16,17)(H,13,14,15). The predicted molar refractivity (Wildman–Crippen MR) is 69.4 cm³/mol. The van der Waals surface area contributed by atoms with Crippen LogP contribution in [0.2, 0.25) is 0 Å². The molecule has 0 saturated heterocycles. The van der Waals surface area contributed by atoms with Crippen LogP contribution in [0.15, 0.2) is 18.5 Å². The lowest BCUT2D eigenvalue weighted by atomic mass is 10.2. The summed E-state index contributed by atoms with van der Waals surface area (Å²) >= 11 is 0. The molecule has 1 rings (SSSR count). The topological polar surface area (TPSA) is 76.1 Å². The van der Waals surface area contributed by atoms with Crippen LogP contribution >= 0.6 is 0 Å². The predicted octanol–water partition coefficient (Wildman–Crippen LogP) is 1.80. The number of amides is 1. The first-order valence-electron chi connectivity index (χ1n) is 5.95. The van der Waals surface area contributed by atoms with Crippen molar-refractivity contribution in [3.05, 3.63) is 18.5 Å². The van der Waals surface area contributed by atoms with Crippen LogP contribution in [0.4, 0.5) is 10.7 Å². The van der Waals surface area contributed by atoms with Gasteiger partial charge in [-0.25, -0.2) is 14.8 Å². The van der Waals surface area contributed by atoms with Crippen molar-refractivity contribution < 1.29 is 9.53 Å². The zero-order valence-corrected chi connectivity index (χ0v) is 11.1. The van der Waals surface area contributed by atoms with E-state index in [1.807, 2.05) is 20.8 Å². The van der Waals surface area contributed by atoms with Gasteiger partial charge in [0.15, 0.2) is 0 Å². The molecule has 1 aromatic heterocycles. The van der Waals surface area contributed by atoms with Crippen LogP contribution in [0.25, 0.3) is 0 Å². The quantitative estimate of drug-likeness (QED) is 0.781. The first kappa shape index (κ1) is 14.2. The number of carbonyl (C=O) groups excluding carboxylic acids is 1. The van der Waals surface area contributed by atoms with Crippen LogP contribution in [0.3, 0.4) is 0 Å². The van der Waals surface area contributed by atoms with Crippen LogP contribution in [-0.4, -0.2) is 34.8 Å². The fourth-order valence-corrected chi connectivity index (χ4v) is 1.18. The number of nitrogens with zero attached hydrogens (tertiary/aromatic N) is 2. The Hall–Kier alpha value is -1.85. The molecule has 0 atom stereocenters. The van der Waals surface area contributed by atoms with Gasteiger partial charge in [0.2, 0.25) is 5.95 Å². The number of hydrogen-bond acceptors (Lipinski definition) is 5. The molecular formula is C12H20N4O2. The summed E-state index contributed by atoms with van der Waals surface area (Å²) in [5.41, 5.74) is -0.458. The maximum atomic E-state index is 11.3. The average Bonchev–Trinajstić information content (AvgIpc) is 2.27. The van der Waals surface area contributed by atoms with E-state index in [-0.39, 0.29) is 0 Å². The molecule has 6 nitrogen and oxygen atoms in total. The smallest absolute Gasteiger partial charge is 0.407 e. The minimum atomic E-state index is -0.458. The molecule has 0 aromatic carbocycles. The van der Waals surface area contributed by atoms with E-state index in [0.29, 0.717) is 19.0 Å². The fraction of sp³-hybridized carbons (Fsp3) is 0.583. The number of rotatable bonds is 5. The number of ether oxygens (including phenoxy) is 1. The number of anilines is 1. The van der Waals surface area contributed by atoms with Gasteiger partial charge >= 0.3 is 6.09 Å². The molecule has 0 saturated carbocycles. The maximum Gasteiger partial charge on any atom is 0.407 e. The molecular weight excluding hydrogens is 232 g/mol. The molecule has 18 heavy (non-hydrogen) atoms. The number of nitrogens with one attached hydrogen (secondary N) is 2. The van der Waals surface area contributed by atoms with Crippen LogP contribution in [0, 0.1) is 0 Å². The minimum absolute atomic E-state index is 0.390. The molecule has 2 N–H and O–H groups in total. The van der Waals surface area contributed by atoms with Gasteiger partial charge in [0.25, 0.3) is 0 Å². The van der Waals surface area contributed by atoms with E-state index in [4.69, 9.17) is 4.74 Å². The van der Waals surface area contributed by atoms with E-state index in [1.165, 1.54) is 0 Å². The number of carbonyl (C=O) groups is 1. The van der Waals surface area contributed by atoms with E-state index in [1.54, 1.807) is 18.5 Å². The van der Waals surface area contributed by atoms with Gasteiger partial charge < -0.3 is 15.4 Å². The van der Waals surface area contributed by atoms with Crippen molar-refractivity contribution >= 4 is 12.0 Å². The third kappa shape index (κ3) is 6.67. The summed E-state index contributed by atoms with van der Waals surface area (Å²) in [5.74, 6) is 0.592. The van der Waals surface area contributed by atoms with Crippen molar-refractivity contribution in [1.82, 2.24) is 15.3 Å². The lowest BCUT2D eigenvalue weighted by molar-refractivity contribution is 0.0528. The Labute approximate surface area is 107 Å². The van der Waals surface area contributed by atoms with Gasteiger partial charge in [0.1, 0.15) is 5.60 Å². The molecule has 1 aromatic rings. The maximum absolute atomic E-state index is 11.3. The van der Waals surface area contributed by atoms with Crippen LogP contribution in [-0.2, 0) is 4.74 Å². The van der Waals surface area contributed by atoms with Crippen molar-refractivity contribution in [2.75, 3.05) is 18.4 Å². The van der Waals surface area contributed by atoms with Gasteiger partial charge in [-0.15, -0.1) is 0 Å². The van der Waals surface area contributed by atoms with Crippen molar-refractivity contribution in [3.8, 4) is 0 Å². The van der Waals surface area contributed by atoms with E-state index >= 15 is 0 Å². The molecule has 0 spiro atoms. The van der Waals surface area contributed by atoms with Crippen LogP contribution < -0.4 is 10.6 Å². The van der Waals surface area contributed by atoms with Gasteiger partial charge in [-0.3, -0.25) is 0 Å². The molecule has 0 fully saturated rings. The number of alkyl carbamates (subject to hydrolysis) is 1. The van der Waals surface area contributed by atoms with Crippen molar-refractivity contribution in [2.45, 2.75) is 32.8 Å². The molecule has 1 heterocycles. The van der Waals surface area contributed by atoms with E-state index in [9.17, 15) is 4.79 Å². The summed E-state index contributed by atoms with van der Waals surface area (Å²) in [6, 6.07) is 1.76. The second kappa shape index (κ2) is 6.78. The molecule has 6 heteroatoms. The Morgan fingerprint density at radius 3 is 2.56 bits per heavy atom. The van der Waals surface area contributed by atoms with Crippen LogP contribution in [0.5, 0.6) is 0 Å². The molecule has 0 aliphatic carbocycles. The first-order chi connectivity index (χ1) is 8.47. The second-order valence-electron chi connectivity index (χ2n) is 4.78. The summed E-state index contributed by atoms with van der Waals surface area (Å²) in [6.07, 6.45) is 3.73. The third-order valence-electron chi connectivity index (χ3n) is 1.87. The Kier molecular flexibility index (Phi) is 5.35.